The Labute approximate surface area is 126 Å². The van der Waals surface area contributed by atoms with Gasteiger partial charge in [0.2, 0.25) is 0 Å². The monoisotopic (exact) mass is 291 g/mol. The van der Waals surface area contributed by atoms with E-state index in [1.165, 1.54) is 0 Å². The Morgan fingerprint density at radius 3 is 2.81 bits per heavy atom. The van der Waals surface area contributed by atoms with Crippen molar-refractivity contribution in [2.24, 2.45) is 0 Å². The fourth-order valence-electron chi connectivity index (χ4n) is 2.68. The van der Waals surface area contributed by atoms with Crippen molar-refractivity contribution >= 4 is 11.6 Å². The predicted molar refractivity (Wildman–Crippen MR) is 84.8 cm³/mol. The maximum atomic E-state index is 12.7. The summed E-state index contributed by atoms with van der Waals surface area (Å²) >= 11 is 0. The van der Waals surface area contributed by atoms with Gasteiger partial charge >= 0.3 is 0 Å². The summed E-state index contributed by atoms with van der Waals surface area (Å²) in [5, 5.41) is 3.09. The van der Waals surface area contributed by atoms with Crippen molar-refractivity contribution in [1.82, 2.24) is 9.80 Å². The Kier molecular flexibility index (Phi) is 6.02. The molecule has 0 unspecified atom stereocenters. The third-order valence-corrected chi connectivity index (χ3v) is 3.91. The summed E-state index contributed by atoms with van der Waals surface area (Å²) in [6.07, 6.45) is 1.01. The van der Waals surface area contributed by atoms with Crippen molar-refractivity contribution in [3.05, 3.63) is 29.8 Å². The second kappa shape index (κ2) is 8.00. The highest BCUT2D eigenvalue weighted by Crippen LogP contribution is 2.17. The number of rotatable bonds is 5. The normalized spacial score (nSPS) is 16.6. The Balaban J connectivity index is 2.00. The number of nitrogens with zero attached hydrogens (tertiary/aromatic N) is 2. The Morgan fingerprint density at radius 2 is 2.05 bits per heavy atom. The summed E-state index contributed by atoms with van der Waals surface area (Å²) in [4.78, 5) is 17.0. The van der Waals surface area contributed by atoms with Gasteiger partial charge in [0.25, 0.3) is 5.91 Å². The molecule has 1 amide bonds. The van der Waals surface area contributed by atoms with Crippen LogP contribution in [0.15, 0.2) is 24.3 Å². The zero-order chi connectivity index (χ0) is 15.1. The van der Waals surface area contributed by atoms with Gasteiger partial charge in [0.05, 0.1) is 12.2 Å². The van der Waals surface area contributed by atoms with E-state index in [-0.39, 0.29) is 5.91 Å². The van der Waals surface area contributed by atoms with Crippen LogP contribution in [-0.4, -0.2) is 69.2 Å². The lowest BCUT2D eigenvalue weighted by Gasteiger charge is -2.22. The number of para-hydroxylation sites is 1. The van der Waals surface area contributed by atoms with Crippen LogP contribution >= 0.6 is 0 Å². The fourth-order valence-corrected chi connectivity index (χ4v) is 2.68. The molecule has 0 saturated carbocycles. The van der Waals surface area contributed by atoms with Crippen LogP contribution in [-0.2, 0) is 4.74 Å². The van der Waals surface area contributed by atoms with E-state index < -0.39 is 0 Å². The number of hydrogen-bond donors (Lipinski definition) is 1. The van der Waals surface area contributed by atoms with E-state index in [2.05, 4.69) is 10.2 Å². The van der Waals surface area contributed by atoms with Gasteiger partial charge in [-0.3, -0.25) is 9.69 Å². The van der Waals surface area contributed by atoms with Crippen LogP contribution in [0.4, 0.5) is 5.69 Å². The van der Waals surface area contributed by atoms with Crippen molar-refractivity contribution in [2.45, 2.75) is 6.42 Å². The quantitative estimate of drug-likeness (QED) is 0.893. The molecule has 0 atom stereocenters. The molecule has 0 aliphatic carbocycles. The minimum atomic E-state index is 0.119. The first kappa shape index (κ1) is 15.8. The Hall–Kier alpha value is -1.59. The number of amides is 1. The molecule has 1 aliphatic rings. The van der Waals surface area contributed by atoms with Gasteiger partial charge in [-0.25, -0.2) is 0 Å². The average molecular weight is 291 g/mol. The first-order valence-electron chi connectivity index (χ1n) is 7.53. The second-order valence-electron chi connectivity index (χ2n) is 5.28. The van der Waals surface area contributed by atoms with Crippen LogP contribution in [0.25, 0.3) is 0 Å². The molecular weight excluding hydrogens is 266 g/mol. The largest absolute Gasteiger partial charge is 0.387 e. The molecule has 0 radical (unpaired) electrons. The zero-order valence-corrected chi connectivity index (χ0v) is 13.0. The highest BCUT2D eigenvalue weighted by atomic mass is 16.5. The van der Waals surface area contributed by atoms with Crippen LogP contribution in [0, 0.1) is 0 Å². The maximum absolute atomic E-state index is 12.7. The molecule has 21 heavy (non-hydrogen) atoms. The van der Waals surface area contributed by atoms with Crippen molar-refractivity contribution in [1.29, 1.82) is 0 Å². The summed E-state index contributed by atoms with van der Waals surface area (Å²) in [6.45, 7) is 5.22. The molecule has 5 nitrogen and oxygen atoms in total. The van der Waals surface area contributed by atoms with E-state index in [1.54, 1.807) is 7.11 Å². The average Bonchev–Trinajstić information content (AvgIpc) is 2.77. The van der Waals surface area contributed by atoms with E-state index in [1.807, 2.05) is 36.2 Å². The number of nitrogens with one attached hydrogen (secondary N) is 1. The van der Waals surface area contributed by atoms with Crippen molar-refractivity contribution in [2.75, 3.05) is 58.8 Å². The summed E-state index contributed by atoms with van der Waals surface area (Å²) < 4.78 is 5.13. The summed E-state index contributed by atoms with van der Waals surface area (Å²) in [6, 6.07) is 7.69. The van der Waals surface area contributed by atoms with Gasteiger partial charge in [0, 0.05) is 46.0 Å². The van der Waals surface area contributed by atoms with Crippen molar-refractivity contribution < 1.29 is 9.53 Å². The molecule has 1 aliphatic heterocycles. The molecular formula is C16H25N3O2. The van der Waals surface area contributed by atoms with E-state index in [0.29, 0.717) is 0 Å². The summed E-state index contributed by atoms with van der Waals surface area (Å²) in [5.41, 5.74) is 1.65. The molecule has 1 saturated heterocycles. The topological polar surface area (TPSA) is 44.8 Å². The van der Waals surface area contributed by atoms with Gasteiger partial charge in [-0.15, -0.1) is 0 Å². The molecule has 2 rings (SSSR count). The third kappa shape index (κ3) is 4.19. The maximum Gasteiger partial charge on any atom is 0.255 e. The number of hydrogen-bond acceptors (Lipinski definition) is 4. The van der Waals surface area contributed by atoms with E-state index in [0.717, 1.165) is 57.0 Å². The van der Waals surface area contributed by atoms with E-state index in [4.69, 9.17) is 4.74 Å². The number of benzene rings is 1. The lowest BCUT2D eigenvalue weighted by atomic mass is 10.1. The molecule has 1 N–H and O–H groups in total. The first-order valence-corrected chi connectivity index (χ1v) is 7.53. The fraction of sp³-hybridized carbons (Fsp3) is 0.562. The molecule has 1 fully saturated rings. The predicted octanol–water partition coefficient (Wildman–Crippen LogP) is 1.52. The van der Waals surface area contributed by atoms with Gasteiger partial charge in [0.1, 0.15) is 0 Å². The van der Waals surface area contributed by atoms with E-state index in [9.17, 15) is 4.79 Å². The SMILES string of the molecule is CNc1ccccc1C(=O)N1CCCN(CCOC)CC1. The third-order valence-electron chi connectivity index (χ3n) is 3.91. The van der Waals surface area contributed by atoms with Crippen LogP contribution < -0.4 is 5.32 Å². The smallest absolute Gasteiger partial charge is 0.255 e. The molecule has 1 aromatic rings. The number of carbonyl (C=O) groups is 1. The van der Waals surface area contributed by atoms with Crippen molar-refractivity contribution in [3.8, 4) is 0 Å². The molecule has 1 heterocycles. The highest BCUT2D eigenvalue weighted by molar-refractivity contribution is 5.99. The zero-order valence-electron chi connectivity index (χ0n) is 13.0. The van der Waals surface area contributed by atoms with Crippen LogP contribution in [0.2, 0.25) is 0 Å². The number of ether oxygens (including phenoxy) is 1. The Bertz CT molecular complexity index is 465. The summed E-state index contributed by atoms with van der Waals surface area (Å²) in [5.74, 6) is 0.119. The second-order valence-corrected chi connectivity index (χ2v) is 5.28. The molecule has 1 aromatic carbocycles. The standard InChI is InChI=1S/C16H25N3O2/c1-17-15-7-4-3-6-14(15)16(20)19-9-5-8-18(10-11-19)12-13-21-2/h3-4,6-7,17H,5,8-13H2,1-2H3. The number of anilines is 1. The van der Waals surface area contributed by atoms with Gasteiger partial charge in [-0.1, -0.05) is 12.1 Å². The van der Waals surface area contributed by atoms with Crippen molar-refractivity contribution in [3.63, 3.8) is 0 Å². The molecule has 0 aromatic heterocycles. The van der Waals surface area contributed by atoms with Gasteiger partial charge < -0.3 is 15.0 Å². The highest BCUT2D eigenvalue weighted by Gasteiger charge is 2.21. The lowest BCUT2D eigenvalue weighted by molar-refractivity contribution is 0.0760. The molecule has 116 valence electrons. The van der Waals surface area contributed by atoms with E-state index >= 15 is 0 Å². The molecule has 0 bridgehead atoms. The lowest BCUT2D eigenvalue weighted by Crippen LogP contribution is -2.36. The molecule has 0 spiro atoms. The van der Waals surface area contributed by atoms with Gasteiger partial charge in [-0.05, 0) is 25.1 Å². The van der Waals surface area contributed by atoms with Gasteiger partial charge in [0.15, 0.2) is 0 Å². The Morgan fingerprint density at radius 1 is 1.24 bits per heavy atom. The van der Waals surface area contributed by atoms with Crippen LogP contribution in [0.1, 0.15) is 16.8 Å². The number of carbonyl (C=O) groups excluding carboxylic acids is 1. The first-order chi connectivity index (χ1) is 10.3. The summed E-state index contributed by atoms with van der Waals surface area (Å²) in [7, 11) is 3.57. The van der Waals surface area contributed by atoms with Crippen LogP contribution in [0.3, 0.4) is 0 Å². The minimum absolute atomic E-state index is 0.119. The van der Waals surface area contributed by atoms with Gasteiger partial charge in [-0.2, -0.15) is 0 Å². The minimum Gasteiger partial charge on any atom is -0.387 e. The number of methoxy groups -OCH3 is 1. The molecule has 5 heteroatoms. The van der Waals surface area contributed by atoms with Crippen LogP contribution in [0.5, 0.6) is 0 Å².